The van der Waals surface area contributed by atoms with Gasteiger partial charge in [-0.2, -0.15) is 10.5 Å². The fourth-order valence-corrected chi connectivity index (χ4v) is 6.61. The van der Waals surface area contributed by atoms with Crippen LogP contribution >= 0.6 is 0 Å². The summed E-state index contributed by atoms with van der Waals surface area (Å²) in [5, 5.41) is 26.1. The molecule has 0 aliphatic heterocycles. The van der Waals surface area contributed by atoms with E-state index in [1.54, 1.807) is 80.6 Å². The fraction of sp³-hybridized carbons (Fsp3) is 0.125. The Morgan fingerprint density at radius 1 is 0.593 bits per heavy atom. The van der Waals surface area contributed by atoms with Crippen LogP contribution in [0.1, 0.15) is 61.3 Å². The average molecular weight is 781 g/mol. The molecule has 2 N–H and O–H groups in total. The lowest BCUT2D eigenvalue weighted by Gasteiger charge is -2.13. The maximum Gasteiger partial charge on any atom is 0.268 e. The lowest BCUT2D eigenvalue weighted by molar-refractivity contribution is 0.0941. The second kappa shape index (κ2) is 18.7. The Labute approximate surface area is 341 Å². The van der Waals surface area contributed by atoms with E-state index in [0.29, 0.717) is 52.8 Å². The zero-order chi connectivity index (χ0) is 41.9. The summed E-state index contributed by atoms with van der Waals surface area (Å²) in [5.41, 5.74) is 4.40. The number of pyridine rings is 2. The number of hydrogen-bond donors (Lipinski definition) is 2. The van der Waals surface area contributed by atoms with Gasteiger partial charge in [-0.25, -0.2) is 0 Å². The maximum absolute atomic E-state index is 13.1. The number of rotatable bonds is 10. The van der Waals surface area contributed by atoms with Gasteiger partial charge in [0, 0.05) is 30.0 Å². The number of ether oxygens (including phenoxy) is 1. The van der Waals surface area contributed by atoms with Gasteiger partial charge >= 0.3 is 0 Å². The van der Waals surface area contributed by atoms with E-state index in [0.717, 1.165) is 21.9 Å². The third-order valence-corrected chi connectivity index (χ3v) is 9.54. The molecule has 0 bridgehead atoms. The van der Waals surface area contributed by atoms with Crippen molar-refractivity contribution in [2.75, 3.05) is 6.61 Å². The quantitative estimate of drug-likeness (QED) is 0.146. The molecular formula is C48H40N6O5. The summed E-state index contributed by atoms with van der Waals surface area (Å²) in [5.74, 6) is -0.199. The van der Waals surface area contributed by atoms with Gasteiger partial charge in [0.1, 0.15) is 16.9 Å². The lowest BCUT2D eigenvalue weighted by atomic mass is 10.0. The van der Waals surface area contributed by atoms with Crippen molar-refractivity contribution >= 4 is 22.6 Å². The van der Waals surface area contributed by atoms with Crippen LogP contribution in [0.5, 0.6) is 5.75 Å². The first kappa shape index (κ1) is 40.6. The lowest BCUT2D eigenvalue weighted by Crippen LogP contribution is -2.33. The van der Waals surface area contributed by atoms with Crippen molar-refractivity contribution in [3.05, 3.63) is 205 Å². The predicted molar refractivity (Wildman–Crippen MR) is 227 cm³/mol. The summed E-state index contributed by atoms with van der Waals surface area (Å²) in [6.07, 6.45) is 0. The standard InChI is InChI=1S/C25H19N3O2.C23H21N3O3/c1-17-12-13-23(25(30)28(17)21-10-4-6-18(14-21)15-26)24(29)27-16-20-9-5-8-19-7-2-3-11-22(19)20;1-3-29-21-10-5-4-8-18(21)15-25-22(27)20-12-11-16(2)26(23(20)28)19-9-6-7-17(13-19)14-24/h2-14H,16H2,1H3,(H,27,29);4-13H,3,15H2,1-2H3,(H,25,27). The number of aromatic nitrogens is 2. The first-order chi connectivity index (χ1) is 28.6. The molecule has 2 heterocycles. The Balaban J connectivity index is 0.000000199. The maximum atomic E-state index is 13.1. The van der Waals surface area contributed by atoms with E-state index in [4.69, 9.17) is 15.3 Å². The summed E-state index contributed by atoms with van der Waals surface area (Å²) in [6.45, 7) is 6.54. The Hall–Kier alpha value is -8.02. The van der Waals surface area contributed by atoms with Crippen LogP contribution in [-0.2, 0) is 13.1 Å². The van der Waals surface area contributed by atoms with E-state index in [9.17, 15) is 19.2 Å². The molecule has 59 heavy (non-hydrogen) atoms. The highest BCUT2D eigenvalue weighted by Crippen LogP contribution is 2.20. The smallest absolute Gasteiger partial charge is 0.268 e. The number of carbonyl (C=O) groups is 2. The van der Waals surface area contributed by atoms with E-state index in [1.165, 1.54) is 15.2 Å². The molecule has 0 saturated heterocycles. The summed E-state index contributed by atoms with van der Waals surface area (Å²) < 4.78 is 8.46. The fourth-order valence-electron chi connectivity index (χ4n) is 6.61. The van der Waals surface area contributed by atoms with Crippen molar-refractivity contribution in [3.8, 4) is 29.3 Å². The van der Waals surface area contributed by atoms with Crippen LogP contribution in [0.15, 0.2) is 149 Å². The molecule has 7 rings (SSSR count). The number of amides is 2. The Morgan fingerprint density at radius 3 is 1.63 bits per heavy atom. The third kappa shape index (κ3) is 9.34. The summed E-state index contributed by atoms with van der Waals surface area (Å²) in [7, 11) is 0. The summed E-state index contributed by atoms with van der Waals surface area (Å²) in [4.78, 5) is 51.6. The van der Waals surface area contributed by atoms with Gasteiger partial charge in [0.25, 0.3) is 22.9 Å². The van der Waals surface area contributed by atoms with E-state index in [2.05, 4.69) is 22.8 Å². The number of hydrogen-bond acceptors (Lipinski definition) is 7. The summed E-state index contributed by atoms with van der Waals surface area (Å²) >= 11 is 0. The number of aryl methyl sites for hydroxylation is 2. The minimum atomic E-state index is -0.466. The van der Waals surface area contributed by atoms with E-state index >= 15 is 0 Å². The molecule has 0 fully saturated rings. The van der Waals surface area contributed by atoms with Crippen LogP contribution < -0.4 is 26.5 Å². The first-order valence-electron chi connectivity index (χ1n) is 18.8. The highest BCUT2D eigenvalue weighted by Gasteiger charge is 2.17. The number of carbonyl (C=O) groups excluding carboxylic acids is 2. The Kier molecular flexibility index (Phi) is 12.9. The van der Waals surface area contributed by atoms with Crippen molar-refractivity contribution in [1.29, 1.82) is 10.5 Å². The van der Waals surface area contributed by atoms with Gasteiger partial charge in [0.05, 0.1) is 41.2 Å². The van der Waals surface area contributed by atoms with Gasteiger partial charge in [-0.05, 0) is 104 Å². The minimum absolute atomic E-state index is 0.0341. The molecule has 292 valence electrons. The van der Waals surface area contributed by atoms with Gasteiger partial charge in [-0.1, -0.05) is 72.8 Å². The first-order valence-corrected chi connectivity index (χ1v) is 18.8. The molecule has 11 heteroatoms. The molecule has 7 aromatic rings. The highest BCUT2D eigenvalue weighted by molar-refractivity contribution is 5.95. The molecule has 0 spiro atoms. The van der Waals surface area contributed by atoms with Crippen LogP contribution in [-0.4, -0.2) is 27.6 Å². The van der Waals surface area contributed by atoms with Gasteiger partial charge in [0.2, 0.25) is 0 Å². The molecule has 5 aromatic carbocycles. The molecule has 0 aliphatic rings. The largest absolute Gasteiger partial charge is 0.494 e. The zero-order valence-electron chi connectivity index (χ0n) is 32.7. The van der Waals surface area contributed by atoms with Gasteiger partial charge in [-0.3, -0.25) is 28.3 Å². The van der Waals surface area contributed by atoms with Crippen molar-refractivity contribution in [3.63, 3.8) is 0 Å². The van der Waals surface area contributed by atoms with Gasteiger partial charge in [0.15, 0.2) is 0 Å². The zero-order valence-corrected chi connectivity index (χ0v) is 32.7. The van der Waals surface area contributed by atoms with E-state index < -0.39 is 22.9 Å². The van der Waals surface area contributed by atoms with Crippen LogP contribution in [0.4, 0.5) is 0 Å². The van der Waals surface area contributed by atoms with Crippen molar-refractivity contribution in [1.82, 2.24) is 19.8 Å². The van der Waals surface area contributed by atoms with Crippen LogP contribution in [0.3, 0.4) is 0 Å². The second-order valence-corrected chi connectivity index (χ2v) is 13.4. The molecule has 11 nitrogen and oxygen atoms in total. The van der Waals surface area contributed by atoms with Crippen LogP contribution in [0, 0.1) is 36.5 Å². The molecule has 0 unspecified atom stereocenters. The predicted octanol–water partition coefficient (Wildman–Crippen LogP) is 7.45. The topological polar surface area (TPSA) is 159 Å². The van der Waals surface area contributed by atoms with E-state index in [1.807, 2.05) is 73.7 Å². The normalized spacial score (nSPS) is 10.4. The van der Waals surface area contributed by atoms with Crippen molar-refractivity contribution in [2.24, 2.45) is 0 Å². The number of para-hydroxylation sites is 1. The average Bonchev–Trinajstić information content (AvgIpc) is 3.25. The molecule has 0 atom stereocenters. The number of fused-ring (bicyclic) bond motifs is 1. The van der Waals surface area contributed by atoms with Gasteiger partial charge in [-0.15, -0.1) is 0 Å². The number of nitrogens with one attached hydrogen (secondary N) is 2. The molecule has 0 saturated carbocycles. The molecule has 0 radical (unpaired) electrons. The molecular weight excluding hydrogens is 741 g/mol. The monoisotopic (exact) mass is 780 g/mol. The number of nitriles is 2. The number of nitrogens with zero attached hydrogens (tertiary/aromatic N) is 4. The van der Waals surface area contributed by atoms with E-state index in [-0.39, 0.29) is 17.7 Å². The third-order valence-electron chi connectivity index (χ3n) is 9.54. The summed E-state index contributed by atoms with van der Waals surface area (Å²) in [6, 6.07) is 45.5. The SMILES string of the molecule is CCOc1ccccc1CNC(=O)c1ccc(C)n(-c2cccc(C#N)c2)c1=O.Cc1ccc(C(=O)NCc2cccc3ccccc23)c(=O)n1-c1cccc(C#N)c1. The molecule has 2 amide bonds. The second-order valence-electron chi connectivity index (χ2n) is 13.4. The minimum Gasteiger partial charge on any atom is -0.494 e. The molecule has 2 aromatic heterocycles. The Bertz CT molecular complexity index is 2890. The number of benzene rings is 5. The highest BCUT2D eigenvalue weighted by atomic mass is 16.5. The van der Waals surface area contributed by atoms with Gasteiger partial charge < -0.3 is 15.4 Å². The molecule has 0 aliphatic carbocycles. The van der Waals surface area contributed by atoms with Crippen molar-refractivity contribution < 1.29 is 14.3 Å². The van der Waals surface area contributed by atoms with Crippen LogP contribution in [0.25, 0.3) is 22.1 Å². The Morgan fingerprint density at radius 2 is 1.07 bits per heavy atom. The van der Waals surface area contributed by atoms with Crippen LogP contribution in [0.2, 0.25) is 0 Å². The van der Waals surface area contributed by atoms with Crippen molar-refractivity contribution in [2.45, 2.75) is 33.9 Å².